The van der Waals surface area contributed by atoms with Crippen molar-refractivity contribution in [2.75, 3.05) is 5.75 Å². The lowest BCUT2D eigenvalue weighted by atomic mass is 9.99. The molecule has 1 aromatic rings. The van der Waals surface area contributed by atoms with Crippen LogP contribution in [0.5, 0.6) is 0 Å². The van der Waals surface area contributed by atoms with Crippen LogP contribution in [0.1, 0.15) is 26.2 Å². The summed E-state index contributed by atoms with van der Waals surface area (Å²) in [6, 6.07) is 6.72. The fourth-order valence-corrected chi connectivity index (χ4v) is 2.97. The van der Waals surface area contributed by atoms with E-state index in [1.54, 1.807) is 13.0 Å². The van der Waals surface area contributed by atoms with Gasteiger partial charge in [0.2, 0.25) is 0 Å². The van der Waals surface area contributed by atoms with E-state index in [1.807, 2.05) is 6.07 Å². The highest BCUT2D eigenvalue weighted by molar-refractivity contribution is 7.99. The van der Waals surface area contributed by atoms with Gasteiger partial charge in [-0.05, 0) is 44.4 Å². The number of rotatable bonds is 7. The first kappa shape index (κ1) is 14.3. The van der Waals surface area contributed by atoms with Crippen molar-refractivity contribution >= 4 is 17.7 Å². The summed E-state index contributed by atoms with van der Waals surface area (Å²) in [5.41, 5.74) is -0.887. The molecule has 1 fully saturated rings. The van der Waals surface area contributed by atoms with Gasteiger partial charge in [-0.3, -0.25) is 10.1 Å². The average Bonchev–Trinajstić information content (AvgIpc) is 3.12. The lowest BCUT2D eigenvalue weighted by Crippen LogP contribution is -2.50. The molecule has 104 valence electrons. The van der Waals surface area contributed by atoms with Gasteiger partial charge in [-0.2, -0.15) is 0 Å². The quantitative estimate of drug-likeness (QED) is 0.755. The fourth-order valence-electron chi connectivity index (χ4n) is 1.85. The summed E-state index contributed by atoms with van der Waals surface area (Å²) in [4.78, 5) is 12.2. The summed E-state index contributed by atoms with van der Waals surface area (Å²) in [6.45, 7) is 1.72. The van der Waals surface area contributed by atoms with Crippen molar-refractivity contribution in [2.45, 2.75) is 42.7 Å². The number of halogens is 1. The normalized spacial score (nSPS) is 18.0. The van der Waals surface area contributed by atoms with E-state index in [-0.39, 0.29) is 5.82 Å². The first-order valence-corrected chi connectivity index (χ1v) is 7.38. The lowest BCUT2D eigenvalue weighted by Gasteiger charge is -2.26. The van der Waals surface area contributed by atoms with Gasteiger partial charge in [0.1, 0.15) is 11.4 Å². The van der Waals surface area contributed by atoms with Crippen LogP contribution in [0.15, 0.2) is 29.2 Å². The highest BCUT2D eigenvalue weighted by Crippen LogP contribution is 2.27. The SMILES string of the molecule is CC(CCSc1cccc(F)c1)(NC1CC1)C(=O)O. The minimum Gasteiger partial charge on any atom is -0.480 e. The second-order valence-electron chi connectivity index (χ2n) is 5.11. The molecule has 1 aliphatic rings. The van der Waals surface area contributed by atoms with E-state index in [2.05, 4.69) is 5.32 Å². The number of hydrogen-bond acceptors (Lipinski definition) is 3. The number of benzene rings is 1. The first-order chi connectivity index (χ1) is 8.99. The van der Waals surface area contributed by atoms with Gasteiger partial charge >= 0.3 is 5.97 Å². The standard InChI is InChI=1S/C14H18FNO2S/c1-14(13(17)18,16-11-5-6-11)7-8-19-12-4-2-3-10(15)9-12/h2-4,9,11,16H,5-8H2,1H3,(H,17,18). The minimum absolute atomic E-state index is 0.262. The maximum atomic E-state index is 13.0. The Labute approximate surface area is 116 Å². The molecule has 2 N–H and O–H groups in total. The minimum atomic E-state index is -0.887. The molecule has 0 saturated heterocycles. The Balaban J connectivity index is 1.86. The van der Waals surface area contributed by atoms with Crippen molar-refractivity contribution in [1.82, 2.24) is 5.32 Å². The van der Waals surface area contributed by atoms with E-state index < -0.39 is 11.5 Å². The van der Waals surface area contributed by atoms with E-state index in [4.69, 9.17) is 0 Å². The summed E-state index contributed by atoms with van der Waals surface area (Å²) in [7, 11) is 0. The van der Waals surface area contributed by atoms with Gasteiger partial charge in [-0.25, -0.2) is 4.39 Å². The fraction of sp³-hybridized carbons (Fsp3) is 0.500. The first-order valence-electron chi connectivity index (χ1n) is 6.39. The molecule has 0 bridgehead atoms. The molecule has 1 unspecified atom stereocenters. The van der Waals surface area contributed by atoms with E-state index in [1.165, 1.54) is 23.9 Å². The van der Waals surface area contributed by atoms with Crippen molar-refractivity contribution < 1.29 is 14.3 Å². The molecule has 0 aromatic heterocycles. The van der Waals surface area contributed by atoms with Crippen molar-refractivity contribution in [2.24, 2.45) is 0 Å². The van der Waals surface area contributed by atoms with Crippen molar-refractivity contribution in [3.05, 3.63) is 30.1 Å². The third-order valence-electron chi connectivity index (χ3n) is 3.24. The Kier molecular flexibility index (Phi) is 4.47. The molecule has 1 atom stereocenters. The molecule has 1 aromatic carbocycles. The predicted molar refractivity (Wildman–Crippen MR) is 73.9 cm³/mol. The maximum Gasteiger partial charge on any atom is 0.323 e. The van der Waals surface area contributed by atoms with Crippen LogP contribution in [-0.4, -0.2) is 28.4 Å². The van der Waals surface area contributed by atoms with E-state index in [0.717, 1.165) is 17.7 Å². The third-order valence-corrected chi connectivity index (χ3v) is 4.23. The Hall–Kier alpha value is -1.07. The van der Waals surface area contributed by atoms with Crippen molar-refractivity contribution in [3.8, 4) is 0 Å². The Morgan fingerprint density at radius 3 is 2.89 bits per heavy atom. The van der Waals surface area contributed by atoms with Gasteiger partial charge in [0, 0.05) is 16.7 Å². The molecule has 0 aliphatic heterocycles. The van der Waals surface area contributed by atoms with Gasteiger partial charge in [-0.15, -0.1) is 11.8 Å². The van der Waals surface area contributed by atoms with Crippen molar-refractivity contribution in [1.29, 1.82) is 0 Å². The zero-order valence-electron chi connectivity index (χ0n) is 10.9. The number of carboxylic acids is 1. The molecule has 2 rings (SSSR count). The second-order valence-corrected chi connectivity index (χ2v) is 6.28. The predicted octanol–water partition coefficient (Wildman–Crippen LogP) is 2.90. The number of carboxylic acid groups (broad SMARTS) is 1. The molecule has 0 amide bonds. The molecule has 0 heterocycles. The topological polar surface area (TPSA) is 49.3 Å². The van der Waals surface area contributed by atoms with Crippen LogP contribution in [0.4, 0.5) is 4.39 Å². The summed E-state index contributed by atoms with van der Waals surface area (Å²) < 4.78 is 13.0. The van der Waals surface area contributed by atoms with Crippen LogP contribution in [0.25, 0.3) is 0 Å². The number of thioether (sulfide) groups is 1. The van der Waals surface area contributed by atoms with E-state index >= 15 is 0 Å². The van der Waals surface area contributed by atoms with Crippen LogP contribution in [0, 0.1) is 5.82 Å². The molecule has 1 saturated carbocycles. The summed E-state index contributed by atoms with van der Waals surface area (Å²) in [5, 5.41) is 12.5. The Morgan fingerprint density at radius 1 is 1.58 bits per heavy atom. The Bertz CT molecular complexity index is 465. The zero-order chi connectivity index (χ0) is 13.9. The molecule has 5 heteroatoms. The van der Waals surface area contributed by atoms with Gasteiger partial charge in [-0.1, -0.05) is 6.07 Å². The lowest BCUT2D eigenvalue weighted by molar-refractivity contribution is -0.144. The summed E-state index contributed by atoms with van der Waals surface area (Å²) in [6.07, 6.45) is 2.62. The van der Waals surface area contributed by atoms with Crippen LogP contribution in [0.2, 0.25) is 0 Å². The van der Waals surface area contributed by atoms with Gasteiger partial charge in [0.25, 0.3) is 0 Å². The number of nitrogens with one attached hydrogen (secondary N) is 1. The second kappa shape index (κ2) is 5.92. The Morgan fingerprint density at radius 2 is 2.32 bits per heavy atom. The van der Waals surface area contributed by atoms with Crippen LogP contribution in [-0.2, 0) is 4.79 Å². The van der Waals surface area contributed by atoms with Crippen LogP contribution >= 0.6 is 11.8 Å². The van der Waals surface area contributed by atoms with E-state index in [9.17, 15) is 14.3 Å². The molecular formula is C14H18FNO2S. The maximum absolute atomic E-state index is 13.0. The monoisotopic (exact) mass is 283 g/mol. The van der Waals surface area contributed by atoms with Crippen LogP contribution < -0.4 is 5.32 Å². The number of aliphatic carboxylic acids is 1. The molecule has 0 spiro atoms. The molecular weight excluding hydrogens is 265 g/mol. The third kappa shape index (κ3) is 4.21. The molecule has 1 aliphatic carbocycles. The van der Waals surface area contributed by atoms with Crippen LogP contribution in [0.3, 0.4) is 0 Å². The highest BCUT2D eigenvalue weighted by atomic mass is 32.2. The van der Waals surface area contributed by atoms with Gasteiger partial charge in [0.05, 0.1) is 0 Å². The highest BCUT2D eigenvalue weighted by Gasteiger charge is 2.37. The summed E-state index contributed by atoms with van der Waals surface area (Å²) in [5.74, 6) is -0.437. The average molecular weight is 283 g/mol. The summed E-state index contributed by atoms with van der Waals surface area (Å²) >= 11 is 1.48. The largest absolute Gasteiger partial charge is 0.480 e. The van der Waals surface area contributed by atoms with Gasteiger partial charge in [0.15, 0.2) is 0 Å². The van der Waals surface area contributed by atoms with Crippen molar-refractivity contribution in [3.63, 3.8) is 0 Å². The molecule has 3 nitrogen and oxygen atoms in total. The molecule has 0 radical (unpaired) electrons. The van der Waals surface area contributed by atoms with E-state index in [0.29, 0.717) is 18.2 Å². The molecule has 19 heavy (non-hydrogen) atoms. The number of carbonyl (C=O) groups is 1. The zero-order valence-corrected chi connectivity index (χ0v) is 11.7. The van der Waals surface area contributed by atoms with Gasteiger partial charge < -0.3 is 5.11 Å². The number of hydrogen-bond donors (Lipinski definition) is 2. The smallest absolute Gasteiger partial charge is 0.323 e.